The molecule has 0 bridgehead atoms. The predicted molar refractivity (Wildman–Crippen MR) is 137 cm³/mol. The van der Waals surface area contributed by atoms with Gasteiger partial charge in [-0.05, 0) is 79.1 Å². The summed E-state index contributed by atoms with van der Waals surface area (Å²) >= 11 is 0. The maximum atomic E-state index is 12.9. The quantitative estimate of drug-likeness (QED) is 0.365. The van der Waals surface area contributed by atoms with E-state index in [1.807, 2.05) is 48.0 Å². The van der Waals surface area contributed by atoms with Gasteiger partial charge < -0.3 is 18.8 Å². The number of hydrogen-bond donors (Lipinski definition) is 1. The topological polar surface area (TPSA) is 74.6 Å². The lowest BCUT2D eigenvalue weighted by Crippen LogP contribution is -2.15. The lowest BCUT2D eigenvalue weighted by atomic mass is 10.0. The van der Waals surface area contributed by atoms with E-state index in [2.05, 4.69) is 17.4 Å². The maximum Gasteiger partial charge on any atom is 0.257 e. The number of carbonyl (C=O) groups excluding carboxylic acids is 1. The van der Waals surface area contributed by atoms with E-state index in [-0.39, 0.29) is 5.91 Å². The van der Waals surface area contributed by atoms with E-state index in [9.17, 15) is 4.79 Å². The smallest absolute Gasteiger partial charge is 0.257 e. The Bertz CT molecular complexity index is 1280. The van der Waals surface area contributed by atoms with Gasteiger partial charge >= 0.3 is 0 Å². The third kappa shape index (κ3) is 5.46. The molecular formula is C28H29N3O4. The van der Waals surface area contributed by atoms with Crippen molar-refractivity contribution in [1.82, 2.24) is 9.55 Å². The third-order valence-electron chi connectivity index (χ3n) is 5.96. The first-order valence-electron chi connectivity index (χ1n) is 11.3. The molecule has 0 fully saturated rings. The number of amides is 1. The molecule has 0 radical (unpaired) electrons. The van der Waals surface area contributed by atoms with Crippen molar-refractivity contribution in [1.29, 1.82) is 0 Å². The second-order valence-corrected chi connectivity index (χ2v) is 8.05. The summed E-state index contributed by atoms with van der Waals surface area (Å²) in [5, 5.41) is 2.96. The van der Waals surface area contributed by atoms with Gasteiger partial charge in [-0.2, -0.15) is 0 Å². The van der Waals surface area contributed by atoms with Gasteiger partial charge in [0.05, 0.1) is 27.0 Å². The van der Waals surface area contributed by atoms with E-state index < -0.39 is 0 Å². The van der Waals surface area contributed by atoms with E-state index in [0.29, 0.717) is 17.3 Å². The van der Waals surface area contributed by atoms with Crippen LogP contribution in [0.3, 0.4) is 0 Å². The molecule has 4 aromatic rings. The summed E-state index contributed by atoms with van der Waals surface area (Å²) in [6.45, 7) is 0. The first-order valence-corrected chi connectivity index (χ1v) is 11.3. The Kier molecular flexibility index (Phi) is 7.35. The number of nitrogens with zero attached hydrogens (tertiary/aromatic N) is 2. The van der Waals surface area contributed by atoms with Gasteiger partial charge in [0.15, 0.2) is 0 Å². The first kappa shape index (κ1) is 23.9. The highest BCUT2D eigenvalue weighted by molar-refractivity contribution is 6.03. The Morgan fingerprint density at radius 1 is 0.771 bits per heavy atom. The summed E-state index contributed by atoms with van der Waals surface area (Å²) in [5.74, 6) is 2.56. The van der Waals surface area contributed by atoms with Crippen LogP contribution in [0.25, 0.3) is 11.3 Å². The molecule has 0 unspecified atom stereocenters. The van der Waals surface area contributed by atoms with E-state index in [4.69, 9.17) is 19.2 Å². The molecule has 0 saturated heterocycles. The van der Waals surface area contributed by atoms with Crippen molar-refractivity contribution >= 4 is 11.9 Å². The average molecular weight is 472 g/mol. The minimum absolute atomic E-state index is 0.233. The molecule has 35 heavy (non-hydrogen) atoms. The van der Waals surface area contributed by atoms with Crippen molar-refractivity contribution in [2.75, 3.05) is 26.6 Å². The van der Waals surface area contributed by atoms with Crippen LogP contribution in [-0.4, -0.2) is 36.8 Å². The average Bonchev–Trinajstić information content (AvgIpc) is 3.22. The number of ether oxygens (including phenoxy) is 3. The van der Waals surface area contributed by atoms with Gasteiger partial charge in [-0.15, -0.1) is 0 Å². The zero-order chi connectivity index (χ0) is 24.8. The molecule has 7 nitrogen and oxygen atoms in total. The second kappa shape index (κ2) is 10.8. The molecule has 1 heterocycles. The van der Waals surface area contributed by atoms with Crippen LogP contribution in [0.4, 0.5) is 5.95 Å². The normalized spacial score (nSPS) is 10.6. The molecule has 0 aliphatic rings. The van der Waals surface area contributed by atoms with Gasteiger partial charge in [0.25, 0.3) is 5.91 Å². The molecule has 1 amide bonds. The van der Waals surface area contributed by atoms with E-state index >= 15 is 0 Å². The lowest BCUT2D eigenvalue weighted by Gasteiger charge is -2.10. The number of methoxy groups -OCH3 is 3. The molecule has 0 aliphatic heterocycles. The molecule has 180 valence electrons. The van der Waals surface area contributed by atoms with Gasteiger partial charge in [0.2, 0.25) is 5.95 Å². The fraction of sp³-hybridized carbons (Fsp3) is 0.214. The molecular weight excluding hydrogens is 442 g/mol. The van der Waals surface area contributed by atoms with Gasteiger partial charge in [-0.25, -0.2) is 4.98 Å². The number of aromatic nitrogens is 2. The summed E-state index contributed by atoms with van der Waals surface area (Å²) < 4.78 is 17.7. The fourth-order valence-electron chi connectivity index (χ4n) is 3.88. The van der Waals surface area contributed by atoms with E-state index in [1.54, 1.807) is 45.6 Å². The zero-order valence-corrected chi connectivity index (χ0v) is 20.4. The third-order valence-corrected chi connectivity index (χ3v) is 5.96. The minimum atomic E-state index is -0.233. The molecule has 1 N–H and O–H groups in total. The molecule has 3 aromatic carbocycles. The highest BCUT2D eigenvalue weighted by Gasteiger charge is 2.19. The molecule has 0 saturated carbocycles. The molecule has 4 rings (SSSR count). The van der Waals surface area contributed by atoms with Crippen LogP contribution < -0.4 is 19.5 Å². The molecule has 0 spiro atoms. The van der Waals surface area contributed by atoms with Crippen molar-refractivity contribution in [3.05, 3.63) is 89.6 Å². The van der Waals surface area contributed by atoms with Crippen LogP contribution in [0.2, 0.25) is 0 Å². The number of anilines is 1. The Balaban J connectivity index is 1.63. The summed E-state index contributed by atoms with van der Waals surface area (Å²) in [4.78, 5) is 17.7. The Morgan fingerprint density at radius 2 is 1.29 bits per heavy atom. The van der Waals surface area contributed by atoms with Crippen molar-refractivity contribution < 1.29 is 19.0 Å². The lowest BCUT2D eigenvalue weighted by molar-refractivity contribution is 0.102. The minimum Gasteiger partial charge on any atom is -0.497 e. The number of imidazole rings is 1. The van der Waals surface area contributed by atoms with Crippen molar-refractivity contribution in [2.45, 2.75) is 12.8 Å². The standard InChI is InChI=1S/C28H29N3O4/c1-31-25(18-7-19-5-12-22(33-2)13-6-19)26(20-8-14-23(34-3)15-9-20)29-28(31)30-27(32)21-10-16-24(35-4)17-11-21/h5-6,8-17H,7,18H2,1-4H3,(H,29,30,32). The molecule has 7 heteroatoms. The van der Waals surface area contributed by atoms with Gasteiger partial charge in [-0.3, -0.25) is 10.1 Å². The van der Waals surface area contributed by atoms with Crippen LogP contribution in [0.15, 0.2) is 72.8 Å². The predicted octanol–water partition coefficient (Wildman–Crippen LogP) is 5.15. The second-order valence-electron chi connectivity index (χ2n) is 8.05. The number of carbonyl (C=O) groups is 1. The number of aryl methyl sites for hydroxylation is 1. The summed E-state index contributed by atoms with van der Waals surface area (Å²) in [6, 6.07) is 22.8. The van der Waals surface area contributed by atoms with E-state index in [0.717, 1.165) is 41.3 Å². The van der Waals surface area contributed by atoms with Gasteiger partial charge in [-0.1, -0.05) is 12.1 Å². The number of rotatable bonds is 9. The summed E-state index contributed by atoms with van der Waals surface area (Å²) in [7, 11) is 6.82. The van der Waals surface area contributed by atoms with Crippen molar-refractivity contribution in [3.63, 3.8) is 0 Å². The molecule has 0 atom stereocenters. The number of hydrogen-bond acceptors (Lipinski definition) is 5. The summed E-state index contributed by atoms with van der Waals surface area (Å²) in [6.07, 6.45) is 1.56. The zero-order valence-electron chi connectivity index (χ0n) is 20.4. The van der Waals surface area contributed by atoms with Gasteiger partial charge in [0, 0.05) is 23.9 Å². The molecule has 1 aromatic heterocycles. The van der Waals surface area contributed by atoms with E-state index in [1.165, 1.54) is 5.56 Å². The van der Waals surface area contributed by atoms with Crippen molar-refractivity contribution in [3.8, 4) is 28.5 Å². The number of nitrogens with one attached hydrogen (secondary N) is 1. The summed E-state index contributed by atoms with van der Waals surface area (Å²) in [5.41, 5.74) is 4.52. The SMILES string of the molecule is COc1ccc(CCc2c(-c3ccc(OC)cc3)nc(NC(=O)c3ccc(OC)cc3)n2C)cc1. The molecule has 0 aliphatic carbocycles. The monoisotopic (exact) mass is 471 g/mol. The Morgan fingerprint density at radius 3 is 1.83 bits per heavy atom. The van der Waals surface area contributed by atoms with Gasteiger partial charge in [0.1, 0.15) is 17.2 Å². The first-order chi connectivity index (χ1) is 17.0. The Hall–Kier alpha value is -4.26. The van der Waals surface area contributed by atoms with Crippen LogP contribution in [0.5, 0.6) is 17.2 Å². The van der Waals surface area contributed by atoms with Crippen LogP contribution >= 0.6 is 0 Å². The highest BCUT2D eigenvalue weighted by Crippen LogP contribution is 2.29. The largest absolute Gasteiger partial charge is 0.497 e. The Labute approximate surface area is 205 Å². The fourth-order valence-corrected chi connectivity index (χ4v) is 3.88. The maximum absolute atomic E-state index is 12.9. The van der Waals surface area contributed by atoms with Crippen molar-refractivity contribution in [2.24, 2.45) is 7.05 Å². The van der Waals surface area contributed by atoms with Crippen LogP contribution in [0.1, 0.15) is 21.6 Å². The van der Waals surface area contributed by atoms with Crippen LogP contribution in [0, 0.1) is 0 Å². The highest BCUT2D eigenvalue weighted by atomic mass is 16.5. The van der Waals surface area contributed by atoms with Crippen LogP contribution in [-0.2, 0) is 19.9 Å². The number of benzene rings is 3.